The van der Waals surface area contributed by atoms with Gasteiger partial charge < -0.3 is 4.90 Å². The molecule has 1 aliphatic rings. The topological polar surface area (TPSA) is 41.8 Å². The summed E-state index contributed by atoms with van der Waals surface area (Å²) in [4.78, 5) is 1.98. The van der Waals surface area contributed by atoms with Crippen LogP contribution in [0.25, 0.3) is 0 Å². The molecule has 4 nitrogen and oxygen atoms in total. The van der Waals surface area contributed by atoms with Gasteiger partial charge in [0.1, 0.15) is 0 Å². The summed E-state index contributed by atoms with van der Waals surface area (Å²) in [6, 6.07) is 3.90. The van der Waals surface area contributed by atoms with Crippen LogP contribution in [0.3, 0.4) is 0 Å². The van der Waals surface area contributed by atoms with Gasteiger partial charge in [0.15, 0.2) is 0 Å². The first kappa shape index (κ1) is 15.5. The fourth-order valence-electron chi connectivity index (χ4n) is 3.10. The van der Waals surface area contributed by atoms with Crippen LogP contribution in [0, 0.1) is 20.8 Å². The number of hydrogen-bond acceptors (Lipinski definition) is 2. The van der Waals surface area contributed by atoms with Crippen molar-refractivity contribution in [2.45, 2.75) is 32.6 Å². The fraction of sp³-hybridized carbons (Fsp3) is 0.600. The zero-order valence-corrected chi connectivity index (χ0v) is 13.7. The standard InChI is InChI=1S/C15H24N2O2S/c1-5-16-6-8-17(9-7-16)20(18,19)15-13(3)10-12(2)11-14(15)4/h10-11H,5-9H2,1-4H3/p+1. The number of hydrogen-bond donors (Lipinski definition) is 1. The maximum absolute atomic E-state index is 12.9. The van der Waals surface area contributed by atoms with Gasteiger partial charge in [0.2, 0.25) is 10.0 Å². The van der Waals surface area contributed by atoms with Gasteiger partial charge in [-0.25, -0.2) is 8.42 Å². The molecule has 0 amide bonds. The third-order valence-electron chi connectivity index (χ3n) is 4.13. The molecule has 0 spiro atoms. The summed E-state index contributed by atoms with van der Waals surface area (Å²) in [6.07, 6.45) is 0. The molecule has 5 heteroatoms. The smallest absolute Gasteiger partial charge is 0.244 e. The molecule has 0 radical (unpaired) electrons. The van der Waals surface area contributed by atoms with Crippen LogP contribution in [-0.4, -0.2) is 45.4 Å². The molecule has 0 aliphatic carbocycles. The molecule has 0 aromatic heterocycles. The first-order valence-corrected chi connectivity index (χ1v) is 8.72. The maximum Gasteiger partial charge on any atom is 0.244 e. The van der Waals surface area contributed by atoms with Crippen LogP contribution in [0.1, 0.15) is 23.6 Å². The first-order chi connectivity index (χ1) is 9.36. The second-order valence-electron chi connectivity index (χ2n) is 5.74. The van der Waals surface area contributed by atoms with Crippen molar-refractivity contribution < 1.29 is 13.3 Å². The van der Waals surface area contributed by atoms with Crippen LogP contribution in [0.15, 0.2) is 17.0 Å². The highest BCUT2D eigenvalue weighted by molar-refractivity contribution is 7.89. The molecule has 2 rings (SSSR count). The Morgan fingerprint density at radius 2 is 1.60 bits per heavy atom. The molecular formula is C15H25N2O2S+. The number of benzene rings is 1. The van der Waals surface area contributed by atoms with Crippen molar-refractivity contribution in [2.24, 2.45) is 0 Å². The number of nitrogens with zero attached hydrogens (tertiary/aromatic N) is 1. The number of likely N-dealkylation sites (N-methyl/N-ethyl adjacent to an activating group) is 1. The van der Waals surface area contributed by atoms with Crippen molar-refractivity contribution in [3.63, 3.8) is 0 Å². The van der Waals surface area contributed by atoms with Crippen LogP contribution >= 0.6 is 0 Å². The molecule has 0 unspecified atom stereocenters. The van der Waals surface area contributed by atoms with Crippen molar-refractivity contribution in [2.75, 3.05) is 32.7 Å². The van der Waals surface area contributed by atoms with Crippen LogP contribution in [0.5, 0.6) is 0 Å². The third-order valence-corrected chi connectivity index (χ3v) is 6.34. The van der Waals surface area contributed by atoms with E-state index < -0.39 is 10.0 Å². The van der Waals surface area contributed by atoms with E-state index in [1.54, 1.807) is 4.31 Å². The van der Waals surface area contributed by atoms with E-state index in [1.165, 1.54) is 4.90 Å². The predicted octanol–water partition coefficient (Wildman–Crippen LogP) is 0.521. The van der Waals surface area contributed by atoms with E-state index in [9.17, 15) is 8.42 Å². The highest BCUT2D eigenvalue weighted by Crippen LogP contribution is 2.25. The Morgan fingerprint density at radius 3 is 2.05 bits per heavy atom. The van der Waals surface area contributed by atoms with Crippen LogP contribution in [0.2, 0.25) is 0 Å². The molecule has 0 saturated carbocycles. The van der Waals surface area contributed by atoms with Crippen molar-refractivity contribution in [1.29, 1.82) is 0 Å². The first-order valence-electron chi connectivity index (χ1n) is 7.27. The Bertz CT molecular complexity index is 565. The molecular weight excluding hydrogens is 272 g/mol. The van der Waals surface area contributed by atoms with Gasteiger partial charge >= 0.3 is 0 Å². The van der Waals surface area contributed by atoms with Gasteiger partial charge in [-0.05, 0) is 38.8 Å². The van der Waals surface area contributed by atoms with Gasteiger partial charge in [-0.15, -0.1) is 0 Å². The van der Waals surface area contributed by atoms with Crippen molar-refractivity contribution in [1.82, 2.24) is 4.31 Å². The van der Waals surface area contributed by atoms with Gasteiger partial charge in [-0.1, -0.05) is 17.7 Å². The highest BCUT2D eigenvalue weighted by atomic mass is 32.2. The van der Waals surface area contributed by atoms with E-state index in [-0.39, 0.29) is 0 Å². The number of aryl methyl sites for hydroxylation is 3. The molecule has 1 fully saturated rings. The summed E-state index contributed by atoms with van der Waals surface area (Å²) < 4.78 is 27.4. The maximum atomic E-state index is 12.9. The molecule has 1 N–H and O–H groups in total. The lowest BCUT2D eigenvalue weighted by atomic mass is 10.1. The summed E-state index contributed by atoms with van der Waals surface area (Å²) in [6.45, 7) is 12.0. The summed E-state index contributed by atoms with van der Waals surface area (Å²) in [5.41, 5.74) is 2.82. The number of nitrogens with one attached hydrogen (secondary N) is 1. The summed E-state index contributed by atoms with van der Waals surface area (Å²) in [5, 5.41) is 0. The van der Waals surface area contributed by atoms with Crippen molar-refractivity contribution in [3.8, 4) is 0 Å². The lowest BCUT2D eigenvalue weighted by Gasteiger charge is -2.31. The third kappa shape index (κ3) is 2.90. The summed E-state index contributed by atoms with van der Waals surface area (Å²) >= 11 is 0. The highest BCUT2D eigenvalue weighted by Gasteiger charge is 2.31. The minimum atomic E-state index is -3.35. The van der Waals surface area contributed by atoms with Gasteiger partial charge in [-0.3, -0.25) is 0 Å². The number of piperazine rings is 1. The van der Waals surface area contributed by atoms with Crippen LogP contribution in [-0.2, 0) is 10.0 Å². The molecule has 1 aromatic carbocycles. The number of rotatable bonds is 3. The largest absolute Gasteiger partial charge is 0.333 e. The normalized spacial score (nSPS) is 18.4. The predicted molar refractivity (Wildman–Crippen MR) is 80.6 cm³/mol. The van der Waals surface area contributed by atoms with E-state index in [2.05, 4.69) is 6.92 Å². The molecule has 0 bridgehead atoms. The Hall–Kier alpha value is -0.910. The Kier molecular flexibility index (Phi) is 4.52. The minimum Gasteiger partial charge on any atom is -0.333 e. The molecule has 112 valence electrons. The molecule has 1 aliphatic heterocycles. The zero-order valence-electron chi connectivity index (χ0n) is 12.9. The second kappa shape index (κ2) is 5.84. The monoisotopic (exact) mass is 297 g/mol. The molecule has 1 aromatic rings. The van der Waals surface area contributed by atoms with Crippen LogP contribution < -0.4 is 4.90 Å². The van der Waals surface area contributed by atoms with Crippen molar-refractivity contribution in [3.05, 3.63) is 28.8 Å². The van der Waals surface area contributed by atoms with Crippen LogP contribution in [0.4, 0.5) is 0 Å². The summed E-state index contributed by atoms with van der Waals surface area (Å²) in [5.74, 6) is 0. The van der Waals surface area contributed by atoms with Gasteiger partial charge in [0.25, 0.3) is 0 Å². The summed E-state index contributed by atoms with van der Waals surface area (Å²) in [7, 11) is -3.35. The number of quaternary nitrogens is 1. The van der Waals surface area contributed by atoms with E-state index in [1.807, 2.05) is 32.9 Å². The molecule has 0 atom stereocenters. The Balaban J connectivity index is 2.32. The van der Waals surface area contributed by atoms with Gasteiger partial charge in [0, 0.05) is 0 Å². The van der Waals surface area contributed by atoms with E-state index in [0.29, 0.717) is 18.0 Å². The average Bonchev–Trinajstić information content (AvgIpc) is 2.37. The molecule has 1 heterocycles. The second-order valence-corrected chi connectivity index (χ2v) is 7.61. The quantitative estimate of drug-likeness (QED) is 0.884. The minimum absolute atomic E-state index is 0.503. The van der Waals surface area contributed by atoms with Gasteiger partial charge in [0.05, 0.1) is 37.6 Å². The fourth-order valence-corrected chi connectivity index (χ4v) is 4.95. The lowest BCUT2D eigenvalue weighted by Crippen LogP contribution is -3.14. The van der Waals surface area contributed by atoms with Gasteiger partial charge in [-0.2, -0.15) is 4.31 Å². The number of sulfonamides is 1. The average molecular weight is 297 g/mol. The van der Waals surface area contributed by atoms with E-state index >= 15 is 0 Å². The van der Waals surface area contributed by atoms with Crippen molar-refractivity contribution >= 4 is 10.0 Å². The Morgan fingerprint density at radius 1 is 1.10 bits per heavy atom. The molecule has 1 saturated heterocycles. The zero-order chi connectivity index (χ0) is 14.9. The van der Waals surface area contributed by atoms with E-state index in [4.69, 9.17) is 0 Å². The SMILES string of the molecule is CC[NH+]1CCN(S(=O)(=O)c2c(C)cc(C)cc2C)CC1. The Labute approximate surface area is 122 Å². The van der Waals surface area contributed by atoms with E-state index in [0.717, 1.165) is 36.3 Å². The lowest BCUT2D eigenvalue weighted by molar-refractivity contribution is -0.901. The molecule has 20 heavy (non-hydrogen) atoms.